The molecule has 5 nitrogen and oxygen atoms in total. The molecule has 31 heavy (non-hydrogen) atoms. The van der Waals surface area contributed by atoms with Crippen molar-refractivity contribution in [1.29, 1.82) is 0 Å². The Balaban J connectivity index is 1.54. The number of rotatable bonds is 10. The molecule has 0 aliphatic heterocycles. The van der Waals surface area contributed by atoms with Crippen molar-refractivity contribution in [3.63, 3.8) is 0 Å². The van der Waals surface area contributed by atoms with Gasteiger partial charge in [0.15, 0.2) is 6.61 Å². The van der Waals surface area contributed by atoms with E-state index in [0.717, 1.165) is 28.3 Å². The Labute approximate surface area is 183 Å². The zero-order valence-corrected chi connectivity index (χ0v) is 18.0. The summed E-state index contributed by atoms with van der Waals surface area (Å²) in [6.07, 6.45) is 1.99. The number of carboxylic acid groups (broad SMARTS) is 1. The monoisotopic (exact) mass is 419 g/mol. The van der Waals surface area contributed by atoms with Crippen LogP contribution in [0.15, 0.2) is 66.7 Å². The van der Waals surface area contributed by atoms with Gasteiger partial charge in [-0.25, -0.2) is 0 Å². The summed E-state index contributed by atoms with van der Waals surface area (Å²) in [5.41, 5.74) is 2.01. The van der Waals surface area contributed by atoms with E-state index in [2.05, 4.69) is 23.5 Å². The van der Waals surface area contributed by atoms with Crippen LogP contribution in [-0.2, 0) is 16.0 Å². The highest BCUT2D eigenvalue weighted by Crippen LogP contribution is 2.24. The minimum Gasteiger partial charge on any atom is -0.484 e. The van der Waals surface area contributed by atoms with Crippen molar-refractivity contribution in [2.75, 3.05) is 6.61 Å². The zero-order valence-electron chi connectivity index (χ0n) is 18.0. The van der Waals surface area contributed by atoms with Crippen molar-refractivity contribution < 1.29 is 19.4 Å². The third-order valence-electron chi connectivity index (χ3n) is 5.43. The minimum atomic E-state index is -0.765. The average molecular weight is 420 g/mol. The van der Waals surface area contributed by atoms with Crippen molar-refractivity contribution in [2.24, 2.45) is 5.92 Å². The topological polar surface area (TPSA) is 75.6 Å². The van der Waals surface area contributed by atoms with Gasteiger partial charge in [0.1, 0.15) is 5.75 Å². The summed E-state index contributed by atoms with van der Waals surface area (Å²) in [4.78, 5) is 23.7. The van der Waals surface area contributed by atoms with E-state index in [1.165, 1.54) is 0 Å². The molecular weight excluding hydrogens is 390 g/mol. The van der Waals surface area contributed by atoms with Crippen LogP contribution in [0.3, 0.4) is 0 Å². The Morgan fingerprint density at radius 2 is 1.71 bits per heavy atom. The smallest absolute Gasteiger partial charge is 0.306 e. The van der Waals surface area contributed by atoms with E-state index in [1.807, 2.05) is 50.2 Å². The van der Waals surface area contributed by atoms with Gasteiger partial charge in [0.2, 0.25) is 0 Å². The van der Waals surface area contributed by atoms with Gasteiger partial charge in [0, 0.05) is 0 Å². The molecule has 0 fully saturated rings. The average Bonchev–Trinajstić information content (AvgIpc) is 2.77. The van der Waals surface area contributed by atoms with E-state index in [0.29, 0.717) is 18.6 Å². The lowest BCUT2D eigenvalue weighted by atomic mass is 9.95. The molecule has 0 saturated heterocycles. The van der Waals surface area contributed by atoms with Crippen LogP contribution in [0.2, 0.25) is 0 Å². The molecule has 0 heterocycles. The number of fused-ring (bicyclic) bond motifs is 1. The summed E-state index contributed by atoms with van der Waals surface area (Å²) in [5.74, 6) is -0.755. The van der Waals surface area contributed by atoms with E-state index < -0.39 is 5.97 Å². The molecule has 2 atom stereocenters. The van der Waals surface area contributed by atoms with E-state index in [-0.39, 0.29) is 24.5 Å². The second-order valence-corrected chi connectivity index (χ2v) is 7.82. The van der Waals surface area contributed by atoms with Crippen molar-refractivity contribution in [1.82, 2.24) is 5.32 Å². The first-order chi connectivity index (χ1) is 15.0. The molecular formula is C26H29NO4. The lowest BCUT2D eigenvalue weighted by molar-refractivity contribution is -0.142. The largest absolute Gasteiger partial charge is 0.484 e. The summed E-state index contributed by atoms with van der Waals surface area (Å²) in [6.45, 7) is 3.87. The molecule has 0 bridgehead atoms. The van der Waals surface area contributed by atoms with Crippen LogP contribution in [0.1, 0.15) is 43.9 Å². The second kappa shape index (κ2) is 10.6. The maximum atomic E-state index is 12.4. The molecule has 162 valence electrons. The molecule has 0 saturated carbocycles. The highest BCUT2D eigenvalue weighted by atomic mass is 16.5. The van der Waals surface area contributed by atoms with E-state index >= 15 is 0 Å². The van der Waals surface area contributed by atoms with Crippen LogP contribution < -0.4 is 10.1 Å². The molecule has 0 radical (unpaired) electrons. The Morgan fingerprint density at radius 1 is 1.00 bits per heavy atom. The molecule has 2 N–H and O–H groups in total. The van der Waals surface area contributed by atoms with Crippen LogP contribution in [0.4, 0.5) is 0 Å². The van der Waals surface area contributed by atoms with Crippen molar-refractivity contribution in [3.05, 3.63) is 77.9 Å². The van der Waals surface area contributed by atoms with Gasteiger partial charge < -0.3 is 15.2 Å². The van der Waals surface area contributed by atoms with Gasteiger partial charge in [0.25, 0.3) is 5.91 Å². The molecule has 0 aliphatic carbocycles. The van der Waals surface area contributed by atoms with Crippen LogP contribution in [-0.4, -0.2) is 23.6 Å². The van der Waals surface area contributed by atoms with Gasteiger partial charge in [-0.3, -0.25) is 9.59 Å². The number of carboxylic acids is 1. The molecule has 1 amide bonds. The number of hydrogen-bond acceptors (Lipinski definition) is 3. The third kappa shape index (κ3) is 6.07. The number of nitrogens with one attached hydrogen (secondary N) is 1. The summed E-state index contributed by atoms with van der Waals surface area (Å²) in [6, 6.07) is 21.3. The first kappa shape index (κ1) is 22.3. The zero-order chi connectivity index (χ0) is 22.2. The molecule has 0 aromatic heterocycles. The highest BCUT2D eigenvalue weighted by molar-refractivity contribution is 5.87. The summed E-state index contributed by atoms with van der Waals surface area (Å²) < 4.78 is 5.62. The van der Waals surface area contributed by atoms with Crippen molar-refractivity contribution in [3.8, 4) is 5.75 Å². The van der Waals surface area contributed by atoms with Crippen LogP contribution in [0.5, 0.6) is 5.75 Å². The number of ether oxygens (including phenoxy) is 1. The molecule has 5 heteroatoms. The Bertz CT molecular complexity index is 1020. The molecule has 3 aromatic carbocycles. The van der Waals surface area contributed by atoms with Gasteiger partial charge in [-0.15, -0.1) is 0 Å². The fourth-order valence-corrected chi connectivity index (χ4v) is 3.81. The lowest BCUT2D eigenvalue weighted by Gasteiger charge is -2.17. The number of benzene rings is 3. The van der Waals surface area contributed by atoms with E-state index in [4.69, 9.17) is 4.74 Å². The fraction of sp³-hybridized carbons (Fsp3) is 0.308. The standard InChI is InChI=1S/C26H29NO4/c1-3-7-21(26(29)30)16-19-12-14-22(15-13-19)31-17-25(28)27-18(2)23-11-6-9-20-8-4-5-10-24(20)23/h4-6,8-15,18,21H,3,7,16-17H2,1-2H3,(H,27,28)(H,29,30)/t18?,21-/m0/s1. The molecule has 3 aromatic rings. The molecule has 1 unspecified atom stereocenters. The summed E-state index contributed by atoms with van der Waals surface area (Å²) >= 11 is 0. The number of carbonyl (C=O) groups excluding carboxylic acids is 1. The Kier molecular flexibility index (Phi) is 7.65. The summed E-state index contributed by atoms with van der Waals surface area (Å²) in [5, 5.41) is 14.6. The van der Waals surface area contributed by atoms with E-state index in [9.17, 15) is 14.7 Å². The van der Waals surface area contributed by atoms with Crippen LogP contribution >= 0.6 is 0 Å². The van der Waals surface area contributed by atoms with Gasteiger partial charge in [0.05, 0.1) is 12.0 Å². The lowest BCUT2D eigenvalue weighted by Crippen LogP contribution is -2.31. The maximum absolute atomic E-state index is 12.4. The molecule has 3 rings (SSSR count). The second-order valence-electron chi connectivity index (χ2n) is 7.82. The maximum Gasteiger partial charge on any atom is 0.306 e. The number of hydrogen-bond donors (Lipinski definition) is 2. The number of carbonyl (C=O) groups is 2. The predicted octanol–water partition coefficient (Wildman–Crippen LogP) is 5.14. The first-order valence-electron chi connectivity index (χ1n) is 10.7. The van der Waals surface area contributed by atoms with Gasteiger partial charge in [-0.2, -0.15) is 0 Å². The van der Waals surface area contributed by atoms with Crippen molar-refractivity contribution >= 4 is 22.6 Å². The first-order valence-corrected chi connectivity index (χ1v) is 10.7. The van der Waals surface area contributed by atoms with Gasteiger partial charge in [-0.05, 0) is 53.8 Å². The van der Waals surface area contributed by atoms with Crippen LogP contribution in [0, 0.1) is 5.92 Å². The SMILES string of the molecule is CCC[C@@H](Cc1ccc(OCC(=O)NC(C)c2cccc3ccccc23)cc1)C(=O)O. The normalized spacial score (nSPS) is 12.8. The van der Waals surface area contributed by atoms with Gasteiger partial charge in [-0.1, -0.05) is 67.9 Å². The summed E-state index contributed by atoms with van der Waals surface area (Å²) in [7, 11) is 0. The quantitative estimate of drug-likeness (QED) is 0.477. The van der Waals surface area contributed by atoms with Gasteiger partial charge >= 0.3 is 5.97 Å². The van der Waals surface area contributed by atoms with E-state index in [1.54, 1.807) is 12.1 Å². The number of amides is 1. The third-order valence-corrected chi connectivity index (χ3v) is 5.43. The van der Waals surface area contributed by atoms with Crippen molar-refractivity contribution in [2.45, 2.75) is 39.2 Å². The number of aliphatic carboxylic acids is 1. The predicted molar refractivity (Wildman–Crippen MR) is 122 cm³/mol. The highest BCUT2D eigenvalue weighted by Gasteiger charge is 2.17. The Hall–Kier alpha value is -3.34. The van der Waals surface area contributed by atoms with Crippen LogP contribution in [0.25, 0.3) is 10.8 Å². The fourth-order valence-electron chi connectivity index (χ4n) is 3.81. The molecule has 0 spiro atoms. The minimum absolute atomic E-state index is 0.0813. The molecule has 0 aliphatic rings. The Morgan fingerprint density at radius 3 is 2.42 bits per heavy atom.